The number of rotatable bonds is 4. The van der Waals surface area contributed by atoms with Gasteiger partial charge < -0.3 is 10.6 Å². The van der Waals surface area contributed by atoms with E-state index >= 15 is 0 Å². The van der Waals surface area contributed by atoms with Crippen molar-refractivity contribution in [2.24, 2.45) is 0 Å². The first kappa shape index (κ1) is 12.7. The molecule has 2 aromatic heterocycles. The molecule has 0 radical (unpaired) electrons. The van der Waals surface area contributed by atoms with Gasteiger partial charge in [0, 0.05) is 26.0 Å². The van der Waals surface area contributed by atoms with Gasteiger partial charge in [-0.15, -0.1) is 0 Å². The summed E-state index contributed by atoms with van der Waals surface area (Å²) < 4.78 is 0. The number of nitrogen functional groups attached to an aromatic ring is 1. The van der Waals surface area contributed by atoms with Crippen molar-refractivity contribution in [1.29, 1.82) is 0 Å². The molecule has 7 nitrogen and oxygen atoms in total. The summed E-state index contributed by atoms with van der Waals surface area (Å²) >= 11 is 0. The van der Waals surface area contributed by atoms with Crippen molar-refractivity contribution in [1.82, 2.24) is 9.97 Å². The lowest BCUT2D eigenvalue weighted by Gasteiger charge is -2.18. The van der Waals surface area contributed by atoms with Crippen LogP contribution in [0.15, 0.2) is 36.7 Å². The molecule has 0 unspecified atom stereocenters. The molecule has 2 N–H and O–H groups in total. The third-order valence-corrected chi connectivity index (χ3v) is 2.59. The van der Waals surface area contributed by atoms with Crippen molar-refractivity contribution in [3.63, 3.8) is 0 Å². The smallest absolute Gasteiger partial charge is 0.276 e. The van der Waals surface area contributed by atoms with Crippen molar-refractivity contribution in [3.8, 4) is 0 Å². The van der Waals surface area contributed by atoms with Gasteiger partial charge in [-0.25, -0.2) is 4.98 Å². The lowest BCUT2D eigenvalue weighted by molar-refractivity contribution is -0.384. The van der Waals surface area contributed by atoms with Crippen LogP contribution in [0.4, 0.5) is 17.3 Å². The van der Waals surface area contributed by atoms with E-state index in [9.17, 15) is 10.1 Å². The number of nitrogens with two attached hydrogens (primary N) is 1. The number of hydrogen-bond acceptors (Lipinski definition) is 6. The molecular weight excluding hydrogens is 246 g/mol. The van der Waals surface area contributed by atoms with Crippen LogP contribution in [0.3, 0.4) is 0 Å². The summed E-state index contributed by atoms with van der Waals surface area (Å²) in [6, 6.07) is 6.38. The number of anilines is 2. The first-order valence-corrected chi connectivity index (χ1v) is 5.58. The molecule has 0 atom stereocenters. The Bertz CT molecular complexity index is 588. The van der Waals surface area contributed by atoms with Crippen LogP contribution in [-0.4, -0.2) is 21.9 Å². The van der Waals surface area contributed by atoms with Crippen LogP contribution in [0.2, 0.25) is 0 Å². The average molecular weight is 259 g/mol. The minimum absolute atomic E-state index is 0.0657. The summed E-state index contributed by atoms with van der Waals surface area (Å²) in [6.07, 6.45) is 3.39. The lowest BCUT2D eigenvalue weighted by Crippen LogP contribution is -2.18. The molecule has 19 heavy (non-hydrogen) atoms. The quantitative estimate of drug-likeness (QED) is 0.661. The molecule has 0 amide bonds. The first-order chi connectivity index (χ1) is 9.06. The van der Waals surface area contributed by atoms with Crippen LogP contribution in [0.1, 0.15) is 5.56 Å². The highest BCUT2D eigenvalue weighted by atomic mass is 16.6. The maximum absolute atomic E-state index is 10.8. The highest BCUT2D eigenvalue weighted by Crippen LogP contribution is 2.22. The summed E-state index contributed by atoms with van der Waals surface area (Å²) in [5, 5.41) is 10.8. The van der Waals surface area contributed by atoms with E-state index in [0.29, 0.717) is 12.4 Å². The predicted molar refractivity (Wildman–Crippen MR) is 71.6 cm³/mol. The molecular formula is C12H13N5O2. The Balaban J connectivity index is 2.24. The Morgan fingerprint density at radius 1 is 1.37 bits per heavy atom. The number of pyridine rings is 2. The summed E-state index contributed by atoms with van der Waals surface area (Å²) in [4.78, 5) is 20.1. The number of aromatic nitrogens is 2. The van der Waals surface area contributed by atoms with E-state index in [2.05, 4.69) is 9.97 Å². The highest BCUT2D eigenvalue weighted by molar-refractivity contribution is 5.53. The highest BCUT2D eigenvalue weighted by Gasteiger charge is 2.12. The second-order valence-corrected chi connectivity index (χ2v) is 4.08. The minimum Gasteiger partial charge on any atom is -0.383 e. The van der Waals surface area contributed by atoms with Crippen LogP contribution < -0.4 is 10.6 Å². The predicted octanol–water partition coefficient (Wildman–Crippen LogP) is 1.60. The van der Waals surface area contributed by atoms with Crippen molar-refractivity contribution >= 4 is 17.3 Å². The van der Waals surface area contributed by atoms with Crippen LogP contribution in [-0.2, 0) is 6.54 Å². The number of nitrogens with zero attached hydrogens (tertiary/aromatic N) is 4. The van der Waals surface area contributed by atoms with Gasteiger partial charge in [-0.2, -0.15) is 0 Å². The van der Waals surface area contributed by atoms with E-state index in [-0.39, 0.29) is 11.5 Å². The fourth-order valence-electron chi connectivity index (χ4n) is 1.67. The summed E-state index contributed by atoms with van der Waals surface area (Å²) in [7, 11) is 1.80. The van der Waals surface area contributed by atoms with E-state index in [1.807, 2.05) is 12.1 Å². The van der Waals surface area contributed by atoms with E-state index in [1.165, 1.54) is 12.1 Å². The van der Waals surface area contributed by atoms with Gasteiger partial charge in [0.1, 0.15) is 11.6 Å². The molecule has 0 aliphatic heterocycles. The van der Waals surface area contributed by atoms with Gasteiger partial charge in [0.25, 0.3) is 5.69 Å². The third kappa shape index (κ3) is 3.15. The standard InChI is InChI=1S/C12H13N5O2/c1-16(8-9-2-4-14-5-3-9)12-7-10(17(18)19)6-11(13)15-12/h2-7H,8H2,1H3,(H2,13,15). The van der Waals surface area contributed by atoms with Crippen molar-refractivity contribution in [2.45, 2.75) is 6.54 Å². The van der Waals surface area contributed by atoms with E-state index in [1.54, 1.807) is 24.3 Å². The van der Waals surface area contributed by atoms with Gasteiger partial charge in [0.15, 0.2) is 0 Å². The van der Waals surface area contributed by atoms with Crippen LogP contribution in [0, 0.1) is 10.1 Å². The molecule has 0 aromatic carbocycles. The molecule has 0 aliphatic carbocycles. The Hall–Kier alpha value is -2.70. The van der Waals surface area contributed by atoms with Gasteiger partial charge in [-0.05, 0) is 17.7 Å². The zero-order chi connectivity index (χ0) is 13.8. The number of nitro groups is 1. The molecule has 2 heterocycles. The zero-order valence-corrected chi connectivity index (χ0v) is 10.4. The molecule has 2 rings (SSSR count). The van der Waals surface area contributed by atoms with Gasteiger partial charge in [0.2, 0.25) is 0 Å². The molecule has 0 aliphatic rings. The topological polar surface area (TPSA) is 98.2 Å². The summed E-state index contributed by atoms with van der Waals surface area (Å²) in [5.41, 5.74) is 6.54. The fourth-order valence-corrected chi connectivity index (χ4v) is 1.67. The van der Waals surface area contributed by atoms with Crippen LogP contribution in [0.25, 0.3) is 0 Å². The van der Waals surface area contributed by atoms with Gasteiger partial charge in [-0.3, -0.25) is 15.1 Å². The van der Waals surface area contributed by atoms with Crippen molar-refractivity contribution in [3.05, 3.63) is 52.3 Å². The maximum atomic E-state index is 10.8. The van der Waals surface area contributed by atoms with E-state index in [4.69, 9.17) is 5.73 Å². The third-order valence-electron chi connectivity index (χ3n) is 2.59. The Morgan fingerprint density at radius 3 is 2.68 bits per heavy atom. The second kappa shape index (κ2) is 5.30. The van der Waals surface area contributed by atoms with Crippen LogP contribution >= 0.6 is 0 Å². The SMILES string of the molecule is CN(Cc1ccncc1)c1cc([N+](=O)[O-])cc(N)n1. The average Bonchev–Trinajstić information content (AvgIpc) is 2.39. The van der Waals surface area contributed by atoms with Gasteiger partial charge in [-0.1, -0.05) is 0 Å². The second-order valence-electron chi connectivity index (χ2n) is 4.08. The molecule has 7 heteroatoms. The zero-order valence-electron chi connectivity index (χ0n) is 10.4. The van der Waals surface area contributed by atoms with E-state index in [0.717, 1.165) is 5.56 Å². The van der Waals surface area contributed by atoms with Crippen molar-refractivity contribution in [2.75, 3.05) is 17.7 Å². The first-order valence-electron chi connectivity index (χ1n) is 5.58. The van der Waals surface area contributed by atoms with Crippen LogP contribution in [0.5, 0.6) is 0 Å². The van der Waals surface area contributed by atoms with Gasteiger partial charge >= 0.3 is 0 Å². The molecule has 0 fully saturated rings. The lowest BCUT2D eigenvalue weighted by atomic mass is 10.2. The van der Waals surface area contributed by atoms with Gasteiger partial charge in [0.05, 0.1) is 17.1 Å². The molecule has 0 bridgehead atoms. The molecule has 0 saturated heterocycles. The number of hydrogen-bond donors (Lipinski definition) is 1. The Morgan fingerprint density at radius 2 is 2.05 bits per heavy atom. The normalized spacial score (nSPS) is 10.2. The molecule has 98 valence electrons. The monoisotopic (exact) mass is 259 g/mol. The molecule has 0 spiro atoms. The molecule has 2 aromatic rings. The largest absolute Gasteiger partial charge is 0.383 e. The van der Waals surface area contributed by atoms with Crippen molar-refractivity contribution < 1.29 is 4.92 Å². The van der Waals surface area contributed by atoms with E-state index < -0.39 is 4.92 Å². The molecule has 0 saturated carbocycles. The Labute approximate surface area is 109 Å². The summed E-state index contributed by atoms with van der Waals surface area (Å²) in [6.45, 7) is 0.566. The Kier molecular flexibility index (Phi) is 3.56. The minimum atomic E-state index is -0.484. The summed E-state index contributed by atoms with van der Waals surface area (Å²) in [5.74, 6) is 0.592. The fraction of sp³-hybridized carbons (Fsp3) is 0.167. The maximum Gasteiger partial charge on any atom is 0.276 e.